The van der Waals surface area contributed by atoms with Gasteiger partial charge in [-0.2, -0.15) is 0 Å². The van der Waals surface area contributed by atoms with Crippen molar-refractivity contribution in [3.8, 4) is 5.75 Å². The Labute approximate surface area is 139 Å². The molecule has 4 rings (SSSR count). The van der Waals surface area contributed by atoms with Crippen LogP contribution in [0.2, 0.25) is 0 Å². The summed E-state index contributed by atoms with van der Waals surface area (Å²) in [6.07, 6.45) is 3.63. The number of rotatable bonds is 3. The van der Waals surface area contributed by atoms with E-state index in [1.54, 1.807) is 13.4 Å². The van der Waals surface area contributed by atoms with Gasteiger partial charge < -0.3 is 10.1 Å². The van der Waals surface area contributed by atoms with Crippen molar-refractivity contribution in [2.45, 2.75) is 13.8 Å². The fourth-order valence-corrected chi connectivity index (χ4v) is 2.94. The van der Waals surface area contributed by atoms with Crippen molar-refractivity contribution < 1.29 is 4.74 Å². The van der Waals surface area contributed by atoms with Gasteiger partial charge in [-0.05, 0) is 37.6 Å². The summed E-state index contributed by atoms with van der Waals surface area (Å²) in [6, 6.07) is 12.2. The first-order valence-electron chi connectivity index (χ1n) is 7.80. The van der Waals surface area contributed by atoms with E-state index in [2.05, 4.69) is 42.3 Å². The summed E-state index contributed by atoms with van der Waals surface area (Å²) < 4.78 is 7.36. The fourth-order valence-electron chi connectivity index (χ4n) is 2.94. The number of fused-ring (bicyclic) bond motifs is 3. The third-order valence-electron chi connectivity index (χ3n) is 4.19. The van der Waals surface area contributed by atoms with E-state index >= 15 is 0 Å². The molecule has 0 aliphatic carbocycles. The highest BCUT2D eigenvalue weighted by atomic mass is 16.5. The predicted molar refractivity (Wildman–Crippen MR) is 96.2 cm³/mol. The lowest BCUT2D eigenvalue weighted by Crippen LogP contribution is -2.00. The standard InChI is InChI=1S/C19H18N4O/c1-12-4-6-15(13(2)8-12)21-19-18-10-20-11-23(18)17-7-5-14(24-3)9-16(17)22-19/h4-11H,1-3H3,(H,21,22). The van der Waals surface area contributed by atoms with Crippen LogP contribution in [0.1, 0.15) is 11.1 Å². The van der Waals surface area contributed by atoms with E-state index in [0.29, 0.717) is 0 Å². The quantitative estimate of drug-likeness (QED) is 0.613. The lowest BCUT2D eigenvalue weighted by atomic mass is 10.1. The number of benzene rings is 2. The van der Waals surface area contributed by atoms with Crippen LogP contribution in [0, 0.1) is 13.8 Å². The van der Waals surface area contributed by atoms with Gasteiger partial charge in [-0.3, -0.25) is 4.40 Å². The molecule has 2 aromatic carbocycles. The molecule has 4 aromatic rings. The molecule has 2 aromatic heterocycles. The highest BCUT2D eigenvalue weighted by molar-refractivity contribution is 5.86. The summed E-state index contributed by atoms with van der Waals surface area (Å²) in [5.74, 6) is 1.56. The molecule has 0 saturated carbocycles. The number of aryl methyl sites for hydroxylation is 2. The Bertz CT molecular complexity index is 1050. The summed E-state index contributed by atoms with van der Waals surface area (Å²) in [4.78, 5) is 9.08. The number of hydrogen-bond donors (Lipinski definition) is 1. The SMILES string of the molecule is COc1ccc2c(c1)nc(Nc1ccc(C)cc1C)c1cncn12. The molecule has 0 spiro atoms. The highest BCUT2D eigenvalue weighted by Crippen LogP contribution is 2.28. The number of methoxy groups -OCH3 is 1. The van der Waals surface area contributed by atoms with Gasteiger partial charge in [0.15, 0.2) is 5.82 Å². The van der Waals surface area contributed by atoms with E-state index in [1.807, 2.05) is 28.8 Å². The second-order valence-electron chi connectivity index (χ2n) is 5.91. The van der Waals surface area contributed by atoms with Gasteiger partial charge in [-0.15, -0.1) is 0 Å². The second kappa shape index (κ2) is 5.53. The summed E-state index contributed by atoms with van der Waals surface area (Å²) in [5, 5.41) is 3.45. The van der Waals surface area contributed by atoms with Crippen molar-refractivity contribution in [3.05, 3.63) is 60.0 Å². The second-order valence-corrected chi connectivity index (χ2v) is 5.91. The van der Waals surface area contributed by atoms with E-state index in [9.17, 15) is 0 Å². The minimum atomic E-state index is 0.778. The zero-order valence-electron chi connectivity index (χ0n) is 13.9. The Morgan fingerprint density at radius 3 is 2.71 bits per heavy atom. The first-order valence-corrected chi connectivity index (χ1v) is 7.80. The molecule has 0 atom stereocenters. The molecule has 0 bridgehead atoms. The molecule has 0 saturated heterocycles. The van der Waals surface area contributed by atoms with E-state index in [0.717, 1.165) is 33.8 Å². The molecular formula is C19H18N4O. The minimum absolute atomic E-state index is 0.778. The molecule has 24 heavy (non-hydrogen) atoms. The van der Waals surface area contributed by atoms with Crippen LogP contribution in [0.25, 0.3) is 16.6 Å². The number of anilines is 2. The molecular weight excluding hydrogens is 300 g/mol. The first kappa shape index (κ1) is 14.5. The zero-order chi connectivity index (χ0) is 16.7. The van der Waals surface area contributed by atoms with Crippen LogP contribution in [-0.2, 0) is 0 Å². The molecule has 120 valence electrons. The Morgan fingerprint density at radius 2 is 1.92 bits per heavy atom. The maximum absolute atomic E-state index is 5.32. The topological polar surface area (TPSA) is 51.5 Å². The molecule has 0 aliphatic rings. The van der Waals surface area contributed by atoms with Crippen molar-refractivity contribution in [1.82, 2.24) is 14.4 Å². The minimum Gasteiger partial charge on any atom is -0.497 e. The summed E-state index contributed by atoms with van der Waals surface area (Å²) >= 11 is 0. The number of nitrogens with one attached hydrogen (secondary N) is 1. The monoisotopic (exact) mass is 318 g/mol. The molecule has 2 heterocycles. The van der Waals surface area contributed by atoms with E-state index in [4.69, 9.17) is 9.72 Å². The average molecular weight is 318 g/mol. The van der Waals surface area contributed by atoms with Gasteiger partial charge in [0.25, 0.3) is 0 Å². The molecule has 1 N–H and O–H groups in total. The first-order chi connectivity index (χ1) is 11.7. The van der Waals surface area contributed by atoms with Crippen LogP contribution < -0.4 is 10.1 Å². The average Bonchev–Trinajstić information content (AvgIpc) is 3.07. The van der Waals surface area contributed by atoms with Crippen LogP contribution >= 0.6 is 0 Å². The van der Waals surface area contributed by atoms with Crippen LogP contribution in [0.3, 0.4) is 0 Å². The van der Waals surface area contributed by atoms with Gasteiger partial charge in [0.2, 0.25) is 0 Å². The van der Waals surface area contributed by atoms with Crippen molar-refractivity contribution in [1.29, 1.82) is 0 Å². The van der Waals surface area contributed by atoms with E-state index < -0.39 is 0 Å². The number of hydrogen-bond acceptors (Lipinski definition) is 4. The molecule has 5 heteroatoms. The van der Waals surface area contributed by atoms with Crippen LogP contribution in [0.15, 0.2) is 48.9 Å². The molecule has 0 aliphatic heterocycles. The lowest BCUT2D eigenvalue weighted by molar-refractivity contribution is 0.415. The van der Waals surface area contributed by atoms with Crippen LogP contribution in [-0.4, -0.2) is 21.5 Å². The maximum Gasteiger partial charge on any atom is 0.157 e. The predicted octanol–water partition coefficient (Wildman–Crippen LogP) is 4.25. The zero-order valence-corrected chi connectivity index (χ0v) is 13.9. The smallest absolute Gasteiger partial charge is 0.157 e. The molecule has 0 fully saturated rings. The van der Waals surface area contributed by atoms with Gasteiger partial charge in [0.1, 0.15) is 11.3 Å². The van der Waals surface area contributed by atoms with E-state index in [1.165, 1.54) is 11.1 Å². The number of ether oxygens (including phenoxy) is 1. The van der Waals surface area contributed by atoms with Crippen LogP contribution in [0.4, 0.5) is 11.5 Å². The normalized spacial score (nSPS) is 11.1. The summed E-state index contributed by atoms with van der Waals surface area (Å²) in [7, 11) is 1.66. The van der Waals surface area contributed by atoms with Crippen molar-refractivity contribution in [2.24, 2.45) is 0 Å². The third-order valence-corrected chi connectivity index (χ3v) is 4.19. The number of nitrogens with zero attached hydrogens (tertiary/aromatic N) is 3. The Balaban J connectivity index is 1.90. The van der Waals surface area contributed by atoms with Crippen LogP contribution in [0.5, 0.6) is 5.75 Å². The Kier molecular flexibility index (Phi) is 3.34. The third kappa shape index (κ3) is 2.34. The molecule has 0 amide bonds. The van der Waals surface area contributed by atoms with Gasteiger partial charge >= 0.3 is 0 Å². The van der Waals surface area contributed by atoms with Gasteiger partial charge in [-0.1, -0.05) is 17.7 Å². The number of aromatic nitrogens is 3. The molecule has 5 nitrogen and oxygen atoms in total. The Hall–Kier alpha value is -3.08. The lowest BCUT2D eigenvalue weighted by Gasteiger charge is -2.13. The van der Waals surface area contributed by atoms with Gasteiger partial charge in [0.05, 0.1) is 30.7 Å². The van der Waals surface area contributed by atoms with Gasteiger partial charge in [0, 0.05) is 11.8 Å². The van der Waals surface area contributed by atoms with Crippen molar-refractivity contribution in [2.75, 3.05) is 12.4 Å². The van der Waals surface area contributed by atoms with E-state index in [-0.39, 0.29) is 0 Å². The Morgan fingerprint density at radius 1 is 1.04 bits per heavy atom. The summed E-state index contributed by atoms with van der Waals surface area (Å²) in [5.41, 5.74) is 6.25. The number of imidazole rings is 1. The fraction of sp³-hybridized carbons (Fsp3) is 0.158. The largest absolute Gasteiger partial charge is 0.497 e. The molecule has 0 unspecified atom stereocenters. The van der Waals surface area contributed by atoms with Crippen molar-refractivity contribution >= 4 is 28.1 Å². The van der Waals surface area contributed by atoms with Gasteiger partial charge in [-0.25, -0.2) is 9.97 Å². The maximum atomic E-state index is 5.32. The summed E-state index contributed by atoms with van der Waals surface area (Å²) in [6.45, 7) is 4.18. The van der Waals surface area contributed by atoms with Crippen molar-refractivity contribution in [3.63, 3.8) is 0 Å². The molecule has 0 radical (unpaired) electrons. The highest BCUT2D eigenvalue weighted by Gasteiger charge is 2.11.